The predicted molar refractivity (Wildman–Crippen MR) is 78.2 cm³/mol. The van der Waals surface area contributed by atoms with Crippen molar-refractivity contribution in [2.75, 3.05) is 0 Å². The maximum atomic E-state index is 5.78. The molecule has 0 aliphatic heterocycles. The lowest BCUT2D eigenvalue weighted by molar-refractivity contribution is 0.448. The van der Waals surface area contributed by atoms with Gasteiger partial charge < -0.3 is 10.1 Å². The third-order valence-electron chi connectivity index (χ3n) is 2.45. The van der Waals surface area contributed by atoms with Crippen LogP contribution in [0.4, 0.5) is 0 Å². The molecule has 0 radical (unpaired) electrons. The van der Waals surface area contributed by atoms with Crippen molar-refractivity contribution in [2.45, 2.75) is 26.4 Å². The molecule has 2 aromatic rings. The van der Waals surface area contributed by atoms with Gasteiger partial charge >= 0.3 is 0 Å². The fourth-order valence-corrected chi connectivity index (χ4v) is 1.87. The van der Waals surface area contributed by atoms with Crippen LogP contribution in [0.15, 0.2) is 41.3 Å². The molecule has 1 N–H and O–H groups in total. The van der Waals surface area contributed by atoms with E-state index in [9.17, 15) is 0 Å². The normalized spacial score (nSPS) is 10.7. The Labute approximate surface area is 121 Å². The molecule has 2 rings (SSSR count). The Morgan fingerprint density at radius 1 is 1.37 bits per heavy atom. The molecule has 0 aliphatic carbocycles. The van der Waals surface area contributed by atoms with Gasteiger partial charge in [-0.15, -0.1) is 0 Å². The molecule has 2 heterocycles. The summed E-state index contributed by atoms with van der Waals surface area (Å²) in [4.78, 5) is 8.35. The molecule has 4 nitrogen and oxygen atoms in total. The van der Waals surface area contributed by atoms with Gasteiger partial charge in [-0.3, -0.25) is 4.98 Å². The summed E-state index contributed by atoms with van der Waals surface area (Å²) in [7, 11) is 0. The Hall–Kier alpha value is -1.46. The molecular weight excluding hydrogens is 306 g/mol. The highest BCUT2D eigenvalue weighted by Gasteiger charge is 2.07. The van der Waals surface area contributed by atoms with E-state index in [1.54, 1.807) is 18.6 Å². The van der Waals surface area contributed by atoms with E-state index in [0.717, 1.165) is 16.6 Å². The second kappa shape index (κ2) is 6.63. The van der Waals surface area contributed by atoms with Crippen molar-refractivity contribution in [3.63, 3.8) is 0 Å². The molecule has 0 saturated carbocycles. The number of aromatic nitrogens is 2. The minimum absolute atomic E-state index is 0.417. The lowest BCUT2D eigenvalue weighted by Gasteiger charge is -2.12. The lowest BCUT2D eigenvalue weighted by atomic mass is 10.2. The van der Waals surface area contributed by atoms with Gasteiger partial charge in [0.25, 0.3) is 0 Å². The molecule has 0 atom stereocenters. The quantitative estimate of drug-likeness (QED) is 0.915. The second-order valence-corrected chi connectivity index (χ2v) is 5.36. The van der Waals surface area contributed by atoms with E-state index in [0.29, 0.717) is 17.7 Å². The highest BCUT2D eigenvalue weighted by Crippen LogP contribution is 2.24. The van der Waals surface area contributed by atoms with Crippen molar-refractivity contribution < 1.29 is 4.74 Å². The first-order valence-corrected chi connectivity index (χ1v) is 6.90. The van der Waals surface area contributed by atoms with Crippen LogP contribution in [0, 0.1) is 0 Å². The van der Waals surface area contributed by atoms with Crippen LogP contribution >= 0.6 is 15.9 Å². The summed E-state index contributed by atoms with van der Waals surface area (Å²) >= 11 is 3.37. The van der Waals surface area contributed by atoms with Crippen LogP contribution in [0.1, 0.15) is 19.4 Å². The largest absolute Gasteiger partial charge is 0.437 e. The number of hydrogen-bond donors (Lipinski definition) is 1. The smallest absolute Gasteiger partial charge is 0.223 e. The number of halogens is 1. The number of nitrogens with one attached hydrogen (secondary N) is 1. The first-order chi connectivity index (χ1) is 9.15. The van der Waals surface area contributed by atoms with Gasteiger partial charge in [0.2, 0.25) is 5.88 Å². The number of ether oxygens (including phenoxy) is 1. The van der Waals surface area contributed by atoms with E-state index in [4.69, 9.17) is 4.74 Å². The average Bonchev–Trinajstić information content (AvgIpc) is 2.38. The molecule has 0 unspecified atom stereocenters. The second-order valence-electron chi connectivity index (χ2n) is 4.44. The first-order valence-electron chi connectivity index (χ1n) is 6.11. The lowest BCUT2D eigenvalue weighted by Crippen LogP contribution is -2.22. The topological polar surface area (TPSA) is 47.0 Å². The summed E-state index contributed by atoms with van der Waals surface area (Å²) in [6.07, 6.45) is 5.10. The monoisotopic (exact) mass is 321 g/mol. The Balaban J connectivity index is 2.15. The molecule has 19 heavy (non-hydrogen) atoms. The fraction of sp³-hybridized carbons (Fsp3) is 0.286. The van der Waals surface area contributed by atoms with Crippen molar-refractivity contribution in [3.8, 4) is 11.6 Å². The average molecular weight is 322 g/mol. The minimum atomic E-state index is 0.417. The summed E-state index contributed by atoms with van der Waals surface area (Å²) in [6, 6.07) is 6.19. The molecule has 0 aliphatic rings. The van der Waals surface area contributed by atoms with Crippen LogP contribution in [0.5, 0.6) is 11.6 Å². The van der Waals surface area contributed by atoms with E-state index in [2.05, 4.69) is 45.1 Å². The Kier molecular flexibility index (Phi) is 4.87. The van der Waals surface area contributed by atoms with Crippen molar-refractivity contribution in [1.82, 2.24) is 15.3 Å². The van der Waals surface area contributed by atoms with Crippen LogP contribution in [0.2, 0.25) is 0 Å². The van der Waals surface area contributed by atoms with Gasteiger partial charge in [-0.05, 0) is 28.1 Å². The molecular formula is C14H16BrN3O. The SMILES string of the molecule is CC(C)NCc1cccnc1Oc1cncc(Br)c1. The molecule has 0 saturated heterocycles. The Morgan fingerprint density at radius 3 is 2.95 bits per heavy atom. The summed E-state index contributed by atoms with van der Waals surface area (Å²) in [5, 5.41) is 3.35. The van der Waals surface area contributed by atoms with E-state index in [1.807, 2.05) is 18.2 Å². The van der Waals surface area contributed by atoms with Gasteiger partial charge in [0, 0.05) is 35.0 Å². The number of pyridine rings is 2. The molecule has 0 aromatic carbocycles. The number of rotatable bonds is 5. The zero-order chi connectivity index (χ0) is 13.7. The third-order valence-corrected chi connectivity index (χ3v) is 2.88. The maximum Gasteiger partial charge on any atom is 0.223 e. The Bertz CT molecular complexity index is 546. The van der Waals surface area contributed by atoms with Crippen LogP contribution in [0.25, 0.3) is 0 Å². The van der Waals surface area contributed by atoms with Crippen molar-refractivity contribution in [2.24, 2.45) is 0 Å². The molecule has 0 amide bonds. The van der Waals surface area contributed by atoms with E-state index in [-0.39, 0.29) is 0 Å². The predicted octanol–water partition coefficient (Wildman–Crippen LogP) is 3.53. The van der Waals surface area contributed by atoms with E-state index < -0.39 is 0 Å². The maximum absolute atomic E-state index is 5.78. The molecule has 0 bridgehead atoms. The first kappa shape index (κ1) is 14.0. The molecule has 0 fully saturated rings. The Morgan fingerprint density at radius 2 is 2.21 bits per heavy atom. The molecule has 5 heteroatoms. The van der Waals surface area contributed by atoms with Crippen molar-refractivity contribution >= 4 is 15.9 Å². The standard InChI is InChI=1S/C14H16BrN3O/c1-10(2)18-7-11-4-3-5-17-14(11)19-13-6-12(15)8-16-9-13/h3-6,8-10,18H,7H2,1-2H3. The van der Waals surface area contributed by atoms with Crippen LogP contribution in [-0.4, -0.2) is 16.0 Å². The summed E-state index contributed by atoms with van der Waals surface area (Å²) in [5.41, 5.74) is 1.02. The summed E-state index contributed by atoms with van der Waals surface area (Å²) < 4.78 is 6.66. The molecule has 2 aromatic heterocycles. The highest BCUT2D eigenvalue weighted by molar-refractivity contribution is 9.10. The molecule has 100 valence electrons. The summed E-state index contributed by atoms with van der Waals surface area (Å²) in [5.74, 6) is 1.27. The van der Waals surface area contributed by atoms with Gasteiger partial charge in [0.15, 0.2) is 0 Å². The summed E-state index contributed by atoms with van der Waals surface area (Å²) in [6.45, 7) is 4.94. The third kappa shape index (κ3) is 4.29. The minimum Gasteiger partial charge on any atom is -0.437 e. The number of nitrogens with zero attached hydrogens (tertiary/aromatic N) is 2. The van der Waals surface area contributed by atoms with Crippen LogP contribution in [0.3, 0.4) is 0 Å². The van der Waals surface area contributed by atoms with Gasteiger partial charge in [0.05, 0.1) is 6.20 Å². The van der Waals surface area contributed by atoms with Gasteiger partial charge in [-0.25, -0.2) is 4.98 Å². The van der Waals surface area contributed by atoms with Gasteiger partial charge in [0.1, 0.15) is 5.75 Å². The van der Waals surface area contributed by atoms with Crippen molar-refractivity contribution in [3.05, 3.63) is 46.8 Å². The highest BCUT2D eigenvalue weighted by atomic mass is 79.9. The van der Waals surface area contributed by atoms with E-state index in [1.165, 1.54) is 0 Å². The number of hydrogen-bond acceptors (Lipinski definition) is 4. The van der Waals surface area contributed by atoms with Gasteiger partial charge in [-0.1, -0.05) is 19.9 Å². The van der Waals surface area contributed by atoms with E-state index >= 15 is 0 Å². The zero-order valence-electron chi connectivity index (χ0n) is 10.9. The van der Waals surface area contributed by atoms with Crippen molar-refractivity contribution in [1.29, 1.82) is 0 Å². The fourth-order valence-electron chi connectivity index (χ4n) is 1.52. The molecule has 0 spiro atoms. The van der Waals surface area contributed by atoms with Crippen LogP contribution < -0.4 is 10.1 Å². The zero-order valence-corrected chi connectivity index (χ0v) is 12.5. The van der Waals surface area contributed by atoms with Crippen LogP contribution in [-0.2, 0) is 6.54 Å². The van der Waals surface area contributed by atoms with Gasteiger partial charge in [-0.2, -0.15) is 0 Å².